The molecular weight excluding hydrogens is 796 g/mol. The molecule has 0 fully saturated rings. The molecule has 1 aromatic heterocycles. The summed E-state index contributed by atoms with van der Waals surface area (Å²) in [5.74, 6) is 1.37. The molecule has 332 valence electrons. The number of rotatable bonds is 28. The van der Waals surface area contributed by atoms with E-state index in [2.05, 4.69) is 45.1 Å². The fourth-order valence-corrected chi connectivity index (χ4v) is 7.04. The van der Waals surface area contributed by atoms with Gasteiger partial charge >= 0.3 is 0 Å². The molecule has 0 aliphatic heterocycles. The highest BCUT2D eigenvalue weighted by Crippen LogP contribution is 2.37. The normalized spacial score (nSPS) is 13.5. The second kappa shape index (κ2) is 23.5. The molecular formula is C47H65ClN6O7. The Morgan fingerprint density at radius 1 is 0.787 bits per heavy atom. The van der Waals surface area contributed by atoms with Gasteiger partial charge in [-0.25, -0.2) is 0 Å². The average Bonchev–Trinajstić information content (AvgIpc) is 3.63. The van der Waals surface area contributed by atoms with E-state index in [1.54, 1.807) is 68.4 Å². The first-order chi connectivity index (χ1) is 29.1. The fourth-order valence-electron chi connectivity index (χ4n) is 6.87. The lowest BCUT2D eigenvalue weighted by Crippen LogP contribution is -2.48. The summed E-state index contributed by atoms with van der Waals surface area (Å²) in [6, 6.07) is 18.7. The van der Waals surface area contributed by atoms with Crippen molar-refractivity contribution in [2.24, 2.45) is 16.3 Å². The van der Waals surface area contributed by atoms with Crippen LogP contribution >= 0.6 is 11.6 Å². The Labute approximate surface area is 366 Å². The topological polar surface area (TPSA) is 164 Å². The Hall–Kier alpha value is -4.69. The minimum Gasteiger partial charge on any atom is -0.494 e. The van der Waals surface area contributed by atoms with Crippen molar-refractivity contribution in [2.75, 3.05) is 52.5 Å². The number of halogens is 1. The maximum Gasteiger partial charge on any atom is 0.257 e. The van der Waals surface area contributed by atoms with E-state index in [-0.39, 0.29) is 36.3 Å². The predicted octanol–water partition coefficient (Wildman–Crippen LogP) is 9.42. The molecule has 14 heteroatoms. The number of ketones is 1. The second-order valence-electron chi connectivity index (χ2n) is 16.8. The van der Waals surface area contributed by atoms with Crippen LogP contribution in [0.5, 0.6) is 11.5 Å². The molecule has 4 aromatic rings. The molecule has 0 aliphatic carbocycles. The summed E-state index contributed by atoms with van der Waals surface area (Å²) in [7, 11) is 0. The van der Waals surface area contributed by atoms with Crippen molar-refractivity contribution in [3.8, 4) is 22.8 Å². The number of carbonyl (C=O) groups is 2. The van der Waals surface area contributed by atoms with Crippen molar-refractivity contribution < 1.29 is 23.5 Å². The molecule has 4 rings (SSSR count). The number of hydrogen-bond donors (Lipinski definition) is 3. The Balaban J connectivity index is 1.36. The van der Waals surface area contributed by atoms with Crippen LogP contribution in [0.4, 0.5) is 0 Å². The smallest absolute Gasteiger partial charge is 0.257 e. The second-order valence-corrected chi connectivity index (χ2v) is 17.2. The minimum absolute atomic E-state index is 0.175. The highest BCUT2D eigenvalue weighted by molar-refractivity contribution is 6.32. The summed E-state index contributed by atoms with van der Waals surface area (Å²) in [6.45, 7) is 20.9. The number of hydrogen-bond acceptors (Lipinski definition) is 12. The standard InChI is InChI=1S/C47H65ClN6O7/c1-9-54(10-2)28-11-29-59-38-17-12-35(13-18-38)44(56)43-40-30-37(48)16-21-41(40)61-45(43)36-14-19-39(20-15-36)60-31-42(55)49-25-22-34(23-26-50-46(5,6)32(3)52-57)24-27-51-47(7,8)33(4)53-58/h12-21,30,32-34,50-51H,9-11,22-29,31H2,1-8H3,(H,49,55). The van der Waals surface area contributed by atoms with Gasteiger partial charge in [-0.15, -0.1) is 0 Å². The number of carbonyl (C=O) groups excluding carboxylic acids is 2. The zero-order valence-electron chi connectivity index (χ0n) is 37.1. The van der Waals surface area contributed by atoms with Gasteiger partial charge in [0.1, 0.15) is 34.9 Å². The molecule has 0 saturated heterocycles. The first kappa shape index (κ1) is 49.0. The lowest BCUT2D eigenvalue weighted by molar-refractivity contribution is -0.123. The summed E-state index contributed by atoms with van der Waals surface area (Å²) < 4.78 is 18.1. The highest BCUT2D eigenvalue weighted by atomic mass is 35.5. The third-order valence-corrected chi connectivity index (χ3v) is 12.0. The van der Waals surface area contributed by atoms with Gasteiger partial charge in [0, 0.05) is 45.7 Å². The maximum atomic E-state index is 14.1. The maximum absolute atomic E-state index is 14.1. The molecule has 2 unspecified atom stereocenters. The number of amides is 1. The molecule has 3 aromatic carbocycles. The van der Waals surface area contributed by atoms with Crippen molar-refractivity contribution in [2.45, 2.75) is 104 Å². The molecule has 1 amide bonds. The van der Waals surface area contributed by atoms with Crippen molar-refractivity contribution >= 4 is 34.3 Å². The highest BCUT2D eigenvalue weighted by Gasteiger charge is 2.28. The largest absolute Gasteiger partial charge is 0.494 e. The number of furan rings is 1. The average molecular weight is 862 g/mol. The number of nitroso groups, excluding NO2 is 2. The zero-order valence-corrected chi connectivity index (χ0v) is 37.9. The summed E-state index contributed by atoms with van der Waals surface area (Å²) in [5, 5.41) is 17.4. The lowest BCUT2D eigenvalue weighted by Gasteiger charge is -2.31. The van der Waals surface area contributed by atoms with Crippen LogP contribution in [-0.2, 0) is 4.79 Å². The van der Waals surface area contributed by atoms with E-state index < -0.39 is 11.1 Å². The van der Waals surface area contributed by atoms with Gasteiger partial charge in [0.2, 0.25) is 0 Å². The van der Waals surface area contributed by atoms with Gasteiger partial charge in [-0.3, -0.25) is 9.59 Å². The van der Waals surface area contributed by atoms with Crippen molar-refractivity contribution in [3.63, 3.8) is 0 Å². The number of ether oxygens (including phenoxy) is 2. The molecule has 61 heavy (non-hydrogen) atoms. The number of nitrogens with zero attached hydrogens (tertiary/aromatic N) is 3. The van der Waals surface area contributed by atoms with Gasteiger partial charge in [0.25, 0.3) is 5.91 Å². The van der Waals surface area contributed by atoms with E-state index in [1.807, 2.05) is 39.8 Å². The molecule has 0 radical (unpaired) electrons. The van der Waals surface area contributed by atoms with Crippen molar-refractivity contribution in [1.82, 2.24) is 20.9 Å². The Morgan fingerprint density at radius 2 is 1.34 bits per heavy atom. The van der Waals surface area contributed by atoms with Crippen LogP contribution in [0, 0.1) is 15.7 Å². The Kier molecular flexibility index (Phi) is 18.9. The van der Waals surface area contributed by atoms with Gasteiger partial charge < -0.3 is 34.7 Å². The van der Waals surface area contributed by atoms with Crippen LogP contribution in [0.1, 0.15) is 97.0 Å². The molecule has 2 atom stereocenters. The van der Waals surface area contributed by atoms with E-state index in [0.717, 1.165) is 45.3 Å². The molecule has 0 aliphatic rings. The van der Waals surface area contributed by atoms with Gasteiger partial charge in [0.05, 0.1) is 12.2 Å². The summed E-state index contributed by atoms with van der Waals surface area (Å²) in [5.41, 5.74) is 1.18. The van der Waals surface area contributed by atoms with E-state index >= 15 is 0 Å². The van der Waals surface area contributed by atoms with Crippen molar-refractivity contribution in [3.05, 3.63) is 92.7 Å². The molecule has 0 bridgehead atoms. The van der Waals surface area contributed by atoms with Gasteiger partial charge in [-0.2, -0.15) is 9.81 Å². The summed E-state index contributed by atoms with van der Waals surface area (Å²) in [6.07, 6.45) is 3.28. The van der Waals surface area contributed by atoms with Crippen LogP contribution in [0.3, 0.4) is 0 Å². The molecule has 0 spiro atoms. The lowest BCUT2D eigenvalue weighted by atomic mass is 9.92. The van der Waals surface area contributed by atoms with E-state index in [4.69, 9.17) is 25.5 Å². The monoisotopic (exact) mass is 860 g/mol. The first-order valence-corrected chi connectivity index (χ1v) is 21.9. The summed E-state index contributed by atoms with van der Waals surface area (Å²) in [4.78, 5) is 51.7. The van der Waals surface area contributed by atoms with Gasteiger partial charge in [0.15, 0.2) is 12.4 Å². The number of fused-ring (bicyclic) bond motifs is 1. The first-order valence-electron chi connectivity index (χ1n) is 21.5. The quantitative estimate of drug-likeness (QED) is 0.0285. The van der Waals surface area contributed by atoms with Crippen LogP contribution < -0.4 is 25.4 Å². The van der Waals surface area contributed by atoms with E-state index in [9.17, 15) is 19.4 Å². The van der Waals surface area contributed by atoms with Crippen LogP contribution in [-0.4, -0.2) is 92.2 Å². The molecule has 3 N–H and O–H groups in total. The summed E-state index contributed by atoms with van der Waals surface area (Å²) >= 11 is 6.39. The Morgan fingerprint density at radius 3 is 1.92 bits per heavy atom. The van der Waals surface area contributed by atoms with Crippen LogP contribution in [0.15, 0.2) is 81.5 Å². The number of nitrogens with one attached hydrogen (secondary N) is 3. The predicted molar refractivity (Wildman–Crippen MR) is 245 cm³/mol. The van der Waals surface area contributed by atoms with Gasteiger partial charge in [-0.05, 0) is 166 Å². The third kappa shape index (κ3) is 14.4. The van der Waals surface area contributed by atoms with Gasteiger partial charge in [-0.1, -0.05) is 35.8 Å². The number of benzene rings is 3. The Bertz CT molecular complexity index is 1980. The van der Waals surface area contributed by atoms with Crippen LogP contribution in [0.25, 0.3) is 22.3 Å². The van der Waals surface area contributed by atoms with E-state index in [1.165, 1.54) is 0 Å². The fraction of sp³-hybridized carbons (Fsp3) is 0.532. The third-order valence-electron chi connectivity index (χ3n) is 11.8. The van der Waals surface area contributed by atoms with Crippen LogP contribution in [0.2, 0.25) is 5.02 Å². The molecule has 0 saturated carbocycles. The van der Waals surface area contributed by atoms with E-state index in [0.29, 0.717) is 76.2 Å². The molecule has 1 heterocycles. The molecule has 13 nitrogen and oxygen atoms in total. The zero-order chi connectivity index (χ0) is 44.6. The minimum atomic E-state index is -0.449. The SMILES string of the molecule is CCN(CC)CCCOc1ccc(C(=O)c2c(-c3ccc(OCC(=O)NCCC(CCNC(C)(C)C(C)N=O)CCNC(C)(C)C(C)N=O)cc3)oc3ccc(Cl)cc23)cc1. The van der Waals surface area contributed by atoms with Crippen molar-refractivity contribution in [1.29, 1.82) is 0 Å².